The first kappa shape index (κ1) is 13.9. The third-order valence-corrected chi connectivity index (χ3v) is 4.45. The topological polar surface area (TPSA) is 0 Å². The molecule has 0 aliphatic rings. The molecule has 2 rings (SSSR count). The molecule has 0 aliphatic carbocycles. The number of hydrogen-bond donors (Lipinski definition) is 0. The van der Waals surface area contributed by atoms with E-state index in [0.29, 0.717) is 5.88 Å². The predicted molar refractivity (Wildman–Crippen MR) is 82.8 cm³/mol. The van der Waals surface area contributed by atoms with Crippen molar-refractivity contribution in [1.29, 1.82) is 0 Å². The fourth-order valence-corrected chi connectivity index (χ4v) is 3.00. The SMILES string of the molecule is ClCC(Cc1ccccc1Br)c1ccccc1Cl. The van der Waals surface area contributed by atoms with Gasteiger partial charge in [-0.15, -0.1) is 11.6 Å². The summed E-state index contributed by atoms with van der Waals surface area (Å²) in [6, 6.07) is 16.1. The second kappa shape index (κ2) is 6.60. The molecule has 0 fully saturated rings. The van der Waals surface area contributed by atoms with E-state index in [0.717, 1.165) is 21.5 Å². The van der Waals surface area contributed by atoms with Gasteiger partial charge in [0.2, 0.25) is 0 Å². The van der Waals surface area contributed by atoms with Gasteiger partial charge in [-0.3, -0.25) is 0 Å². The lowest BCUT2D eigenvalue weighted by molar-refractivity contribution is 0.764. The van der Waals surface area contributed by atoms with Crippen molar-refractivity contribution in [2.45, 2.75) is 12.3 Å². The van der Waals surface area contributed by atoms with E-state index in [1.54, 1.807) is 0 Å². The van der Waals surface area contributed by atoms with Crippen LogP contribution in [0.2, 0.25) is 5.02 Å². The molecule has 1 atom stereocenters. The minimum atomic E-state index is 0.235. The van der Waals surface area contributed by atoms with Crippen molar-refractivity contribution in [2.75, 3.05) is 5.88 Å². The first-order valence-electron chi connectivity index (χ1n) is 5.76. The van der Waals surface area contributed by atoms with Crippen LogP contribution in [0.15, 0.2) is 53.0 Å². The van der Waals surface area contributed by atoms with Crippen LogP contribution < -0.4 is 0 Å². The summed E-state index contributed by atoms with van der Waals surface area (Å²) in [5, 5.41) is 0.787. The molecule has 3 heteroatoms. The van der Waals surface area contributed by atoms with Gasteiger partial charge in [-0.05, 0) is 29.7 Å². The van der Waals surface area contributed by atoms with Gasteiger partial charge in [-0.1, -0.05) is 63.9 Å². The van der Waals surface area contributed by atoms with Crippen LogP contribution in [0.4, 0.5) is 0 Å². The van der Waals surface area contributed by atoms with E-state index < -0.39 is 0 Å². The number of hydrogen-bond acceptors (Lipinski definition) is 0. The van der Waals surface area contributed by atoms with Crippen molar-refractivity contribution in [1.82, 2.24) is 0 Å². The van der Waals surface area contributed by atoms with Crippen molar-refractivity contribution >= 4 is 39.1 Å². The molecule has 0 saturated carbocycles. The highest BCUT2D eigenvalue weighted by Crippen LogP contribution is 2.30. The zero-order valence-corrected chi connectivity index (χ0v) is 12.8. The molecule has 1 unspecified atom stereocenters. The van der Waals surface area contributed by atoms with Gasteiger partial charge in [0, 0.05) is 21.3 Å². The van der Waals surface area contributed by atoms with E-state index in [4.69, 9.17) is 23.2 Å². The molecular weight excluding hydrogens is 331 g/mol. The van der Waals surface area contributed by atoms with Crippen LogP contribution in [0.1, 0.15) is 17.0 Å². The average Bonchev–Trinajstić information content (AvgIpc) is 2.39. The summed E-state index contributed by atoms with van der Waals surface area (Å²) in [5.41, 5.74) is 2.37. The molecule has 0 radical (unpaired) electrons. The van der Waals surface area contributed by atoms with Crippen LogP contribution in [-0.2, 0) is 6.42 Å². The molecule has 0 heterocycles. The molecule has 2 aromatic rings. The first-order chi connectivity index (χ1) is 8.72. The van der Waals surface area contributed by atoms with Crippen molar-refractivity contribution in [3.63, 3.8) is 0 Å². The van der Waals surface area contributed by atoms with Crippen molar-refractivity contribution < 1.29 is 0 Å². The van der Waals surface area contributed by atoms with Crippen LogP contribution in [0.5, 0.6) is 0 Å². The molecule has 94 valence electrons. The summed E-state index contributed by atoms with van der Waals surface area (Å²) in [7, 11) is 0. The number of benzene rings is 2. The third kappa shape index (κ3) is 3.28. The lowest BCUT2D eigenvalue weighted by Crippen LogP contribution is -2.06. The Morgan fingerprint density at radius 2 is 1.67 bits per heavy atom. The molecule has 18 heavy (non-hydrogen) atoms. The molecular formula is C15H13BrCl2. The fraction of sp³-hybridized carbons (Fsp3) is 0.200. The Balaban J connectivity index is 2.26. The normalized spacial score (nSPS) is 12.4. The van der Waals surface area contributed by atoms with Crippen LogP contribution in [0.3, 0.4) is 0 Å². The molecule has 0 bridgehead atoms. The van der Waals surface area contributed by atoms with Gasteiger partial charge in [0.05, 0.1) is 0 Å². The Kier molecular flexibility index (Phi) is 5.11. The summed E-state index contributed by atoms with van der Waals surface area (Å²) in [6.45, 7) is 0. The smallest absolute Gasteiger partial charge is 0.0441 e. The van der Waals surface area contributed by atoms with E-state index in [1.165, 1.54) is 5.56 Å². The van der Waals surface area contributed by atoms with Crippen LogP contribution in [0, 0.1) is 0 Å². The highest BCUT2D eigenvalue weighted by Gasteiger charge is 2.15. The van der Waals surface area contributed by atoms with Gasteiger partial charge in [0.15, 0.2) is 0 Å². The van der Waals surface area contributed by atoms with Crippen molar-refractivity contribution in [3.8, 4) is 0 Å². The molecule has 0 spiro atoms. The first-order valence-corrected chi connectivity index (χ1v) is 7.46. The highest BCUT2D eigenvalue weighted by molar-refractivity contribution is 9.10. The second-order valence-electron chi connectivity index (χ2n) is 4.17. The lowest BCUT2D eigenvalue weighted by atomic mass is 9.93. The Bertz CT molecular complexity index is 525. The number of alkyl halides is 1. The molecule has 2 aromatic carbocycles. The fourth-order valence-electron chi connectivity index (χ4n) is 1.98. The zero-order valence-electron chi connectivity index (χ0n) is 9.74. The van der Waals surface area contributed by atoms with Gasteiger partial charge >= 0.3 is 0 Å². The Labute approximate surface area is 126 Å². The summed E-state index contributed by atoms with van der Waals surface area (Å²) >= 11 is 15.9. The summed E-state index contributed by atoms with van der Waals surface area (Å²) in [5.74, 6) is 0.796. The standard InChI is InChI=1S/C15H13BrCl2/c16-14-7-3-1-5-11(14)9-12(10-17)13-6-2-4-8-15(13)18/h1-8,12H,9-10H2. The van der Waals surface area contributed by atoms with Gasteiger partial charge in [-0.2, -0.15) is 0 Å². The van der Waals surface area contributed by atoms with Gasteiger partial charge in [0.25, 0.3) is 0 Å². The average molecular weight is 344 g/mol. The van der Waals surface area contributed by atoms with E-state index >= 15 is 0 Å². The van der Waals surface area contributed by atoms with E-state index in [9.17, 15) is 0 Å². The highest BCUT2D eigenvalue weighted by atomic mass is 79.9. The van der Waals surface area contributed by atoms with Gasteiger partial charge < -0.3 is 0 Å². The second-order valence-corrected chi connectivity index (χ2v) is 5.74. The monoisotopic (exact) mass is 342 g/mol. The van der Waals surface area contributed by atoms with Crippen LogP contribution in [0.25, 0.3) is 0 Å². The molecule has 0 aromatic heterocycles. The lowest BCUT2D eigenvalue weighted by Gasteiger charge is -2.16. The minimum Gasteiger partial charge on any atom is -0.126 e. The maximum Gasteiger partial charge on any atom is 0.0441 e. The maximum atomic E-state index is 6.23. The molecule has 0 amide bonds. The zero-order chi connectivity index (χ0) is 13.0. The predicted octanol–water partition coefficient (Wildman–Crippen LogP) is 5.67. The van der Waals surface area contributed by atoms with Gasteiger partial charge in [-0.25, -0.2) is 0 Å². The van der Waals surface area contributed by atoms with Crippen molar-refractivity contribution in [2.24, 2.45) is 0 Å². The summed E-state index contributed by atoms with van der Waals surface area (Å²) < 4.78 is 1.12. The van der Waals surface area contributed by atoms with Crippen LogP contribution in [-0.4, -0.2) is 5.88 Å². The number of halogens is 3. The molecule has 0 saturated heterocycles. The Hall–Kier alpha value is -0.500. The van der Waals surface area contributed by atoms with Crippen LogP contribution >= 0.6 is 39.1 Å². The van der Waals surface area contributed by atoms with E-state index in [-0.39, 0.29) is 5.92 Å². The quantitative estimate of drug-likeness (QED) is 0.627. The molecule has 0 aliphatic heterocycles. The Morgan fingerprint density at radius 3 is 2.33 bits per heavy atom. The molecule has 0 nitrogen and oxygen atoms in total. The Morgan fingerprint density at radius 1 is 1.00 bits per heavy atom. The molecule has 0 N–H and O–H groups in total. The largest absolute Gasteiger partial charge is 0.126 e. The van der Waals surface area contributed by atoms with E-state index in [2.05, 4.69) is 22.0 Å². The van der Waals surface area contributed by atoms with E-state index in [1.807, 2.05) is 42.5 Å². The number of rotatable bonds is 4. The summed E-state index contributed by atoms with van der Waals surface area (Å²) in [4.78, 5) is 0. The van der Waals surface area contributed by atoms with Crippen molar-refractivity contribution in [3.05, 3.63) is 69.2 Å². The third-order valence-electron chi connectivity index (χ3n) is 2.96. The summed E-state index contributed by atoms with van der Waals surface area (Å²) in [6.07, 6.45) is 0.884. The minimum absolute atomic E-state index is 0.235. The van der Waals surface area contributed by atoms with Gasteiger partial charge in [0.1, 0.15) is 0 Å². The maximum absolute atomic E-state index is 6.23.